The van der Waals surface area contributed by atoms with Crippen molar-refractivity contribution < 1.29 is 4.79 Å². The molecule has 1 aromatic carbocycles. The van der Waals surface area contributed by atoms with E-state index in [1.807, 2.05) is 0 Å². The second-order valence-electron chi connectivity index (χ2n) is 3.92. The minimum Gasteiger partial charge on any atom is -0.349 e. The minimum atomic E-state index is -0.0700. The van der Waals surface area contributed by atoms with E-state index in [0.717, 1.165) is 19.3 Å². The molecule has 0 spiro atoms. The SMILES string of the molecule is C=CC(=O)N[C@@H]1CCc2ccccc2C1. The lowest BCUT2D eigenvalue weighted by molar-refractivity contribution is -0.117. The molecule has 0 unspecified atom stereocenters. The van der Waals surface area contributed by atoms with Crippen molar-refractivity contribution in [3.8, 4) is 0 Å². The van der Waals surface area contributed by atoms with Gasteiger partial charge < -0.3 is 5.32 Å². The first-order valence-electron chi connectivity index (χ1n) is 5.29. The second-order valence-corrected chi connectivity index (χ2v) is 3.92. The summed E-state index contributed by atoms with van der Waals surface area (Å²) in [4.78, 5) is 11.2. The number of hydrogen-bond acceptors (Lipinski definition) is 1. The van der Waals surface area contributed by atoms with E-state index in [1.54, 1.807) is 0 Å². The molecule has 0 saturated carbocycles. The number of carbonyl (C=O) groups excluding carboxylic acids is 1. The Labute approximate surface area is 90.0 Å². The topological polar surface area (TPSA) is 29.1 Å². The molecular formula is C13H15NO. The maximum absolute atomic E-state index is 11.2. The van der Waals surface area contributed by atoms with E-state index >= 15 is 0 Å². The normalized spacial score (nSPS) is 19.1. The van der Waals surface area contributed by atoms with Crippen LogP contribution in [-0.2, 0) is 17.6 Å². The molecule has 1 atom stereocenters. The summed E-state index contributed by atoms with van der Waals surface area (Å²) >= 11 is 0. The minimum absolute atomic E-state index is 0.0700. The molecule has 1 aromatic rings. The van der Waals surface area contributed by atoms with Gasteiger partial charge in [0.15, 0.2) is 0 Å². The van der Waals surface area contributed by atoms with Crippen molar-refractivity contribution in [2.75, 3.05) is 0 Å². The monoisotopic (exact) mass is 201 g/mol. The molecule has 0 fully saturated rings. The lowest BCUT2D eigenvalue weighted by Gasteiger charge is -2.24. The fraction of sp³-hybridized carbons (Fsp3) is 0.308. The van der Waals surface area contributed by atoms with Crippen molar-refractivity contribution >= 4 is 5.91 Å². The van der Waals surface area contributed by atoms with Gasteiger partial charge >= 0.3 is 0 Å². The summed E-state index contributed by atoms with van der Waals surface area (Å²) < 4.78 is 0. The summed E-state index contributed by atoms with van der Waals surface area (Å²) in [6.07, 6.45) is 4.35. The fourth-order valence-electron chi connectivity index (χ4n) is 2.08. The first-order chi connectivity index (χ1) is 7.29. The van der Waals surface area contributed by atoms with E-state index in [0.29, 0.717) is 0 Å². The van der Waals surface area contributed by atoms with Gasteiger partial charge in [-0.25, -0.2) is 0 Å². The summed E-state index contributed by atoms with van der Waals surface area (Å²) in [5.74, 6) is -0.0700. The number of nitrogens with one attached hydrogen (secondary N) is 1. The van der Waals surface area contributed by atoms with Gasteiger partial charge in [-0.3, -0.25) is 4.79 Å². The molecule has 0 radical (unpaired) electrons. The molecule has 1 aliphatic rings. The molecule has 0 aromatic heterocycles. The maximum Gasteiger partial charge on any atom is 0.243 e. The van der Waals surface area contributed by atoms with Crippen LogP contribution >= 0.6 is 0 Å². The molecule has 2 heteroatoms. The maximum atomic E-state index is 11.2. The Morgan fingerprint density at radius 2 is 2.13 bits per heavy atom. The lowest BCUT2D eigenvalue weighted by atomic mass is 9.88. The van der Waals surface area contributed by atoms with Crippen LogP contribution < -0.4 is 5.32 Å². The molecule has 1 aliphatic carbocycles. The van der Waals surface area contributed by atoms with Crippen molar-refractivity contribution in [1.29, 1.82) is 0 Å². The molecule has 0 aliphatic heterocycles. The first-order valence-corrected chi connectivity index (χ1v) is 5.29. The summed E-state index contributed by atoms with van der Waals surface area (Å²) in [6.45, 7) is 3.46. The van der Waals surface area contributed by atoms with Gasteiger partial charge in [-0.1, -0.05) is 30.8 Å². The van der Waals surface area contributed by atoms with Crippen molar-refractivity contribution in [1.82, 2.24) is 5.32 Å². The number of amides is 1. The smallest absolute Gasteiger partial charge is 0.243 e. The van der Waals surface area contributed by atoms with E-state index < -0.39 is 0 Å². The Bertz CT molecular complexity index is 384. The number of fused-ring (bicyclic) bond motifs is 1. The standard InChI is InChI=1S/C13H15NO/c1-2-13(15)14-12-8-7-10-5-3-4-6-11(10)9-12/h2-6,12H,1,7-9H2,(H,14,15)/t12-/m1/s1. The molecule has 2 nitrogen and oxygen atoms in total. The average molecular weight is 201 g/mol. The predicted molar refractivity (Wildman–Crippen MR) is 60.6 cm³/mol. The third-order valence-corrected chi connectivity index (χ3v) is 2.88. The highest BCUT2D eigenvalue weighted by atomic mass is 16.1. The van der Waals surface area contributed by atoms with Gasteiger partial charge in [-0.2, -0.15) is 0 Å². The Morgan fingerprint density at radius 3 is 2.87 bits per heavy atom. The molecular weight excluding hydrogens is 186 g/mol. The molecule has 0 heterocycles. The van der Waals surface area contributed by atoms with Crippen molar-refractivity contribution in [3.05, 3.63) is 48.0 Å². The van der Waals surface area contributed by atoms with Crippen LogP contribution in [0, 0.1) is 0 Å². The van der Waals surface area contributed by atoms with Crippen molar-refractivity contribution in [2.45, 2.75) is 25.3 Å². The van der Waals surface area contributed by atoms with Crippen molar-refractivity contribution in [2.24, 2.45) is 0 Å². The Hall–Kier alpha value is -1.57. The Balaban J connectivity index is 2.05. The lowest BCUT2D eigenvalue weighted by Crippen LogP contribution is -2.37. The van der Waals surface area contributed by atoms with Crippen LogP contribution in [0.2, 0.25) is 0 Å². The van der Waals surface area contributed by atoms with Gasteiger partial charge in [0.05, 0.1) is 0 Å². The third kappa shape index (κ3) is 2.27. The number of hydrogen-bond donors (Lipinski definition) is 1. The number of aryl methyl sites for hydroxylation is 1. The van der Waals surface area contributed by atoms with Crippen LogP contribution in [0.4, 0.5) is 0 Å². The van der Waals surface area contributed by atoms with E-state index in [4.69, 9.17) is 0 Å². The Kier molecular flexibility index (Phi) is 2.86. The predicted octanol–water partition coefficient (Wildman–Crippen LogP) is 1.85. The zero-order valence-electron chi connectivity index (χ0n) is 8.70. The summed E-state index contributed by atoms with van der Waals surface area (Å²) in [6, 6.07) is 8.70. The molecule has 78 valence electrons. The van der Waals surface area contributed by atoms with Crippen LogP contribution in [0.15, 0.2) is 36.9 Å². The Morgan fingerprint density at radius 1 is 1.40 bits per heavy atom. The van der Waals surface area contributed by atoms with Crippen LogP contribution in [0.5, 0.6) is 0 Å². The summed E-state index contributed by atoms with van der Waals surface area (Å²) in [7, 11) is 0. The average Bonchev–Trinajstić information content (AvgIpc) is 2.29. The molecule has 1 amide bonds. The van der Waals surface area contributed by atoms with Gasteiger partial charge in [-0.05, 0) is 36.5 Å². The van der Waals surface area contributed by atoms with E-state index in [1.165, 1.54) is 17.2 Å². The van der Waals surface area contributed by atoms with Gasteiger partial charge in [0, 0.05) is 6.04 Å². The zero-order valence-corrected chi connectivity index (χ0v) is 8.70. The van der Waals surface area contributed by atoms with E-state index in [2.05, 4.69) is 36.2 Å². The highest BCUT2D eigenvalue weighted by Crippen LogP contribution is 2.20. The highest BCUT2D eigenvalue weighted by molar-refractivity contribution is 5.87. The molecule has 2 rings (SSSR count). The van der Waals surface area contributed by atoms with Gasteiger partial charge in [0.1, 0.15) is 0 Å². The number of rotatable bonds is 2. The van der Waals surface area contributed by atoms with E-state index in [9.17, 15) is 4.79 Å². The van der Waals surface area contributed by atoms with Gasteiger partial charge in [0.2, 0.25) is 5.91 Å². The molecule has 0 saturated heterocycles. The third-order valence-electron chi connectivity index (χ3n) is 2.88. The summed E-state index contributed by atoms with van der Waals surface area (Å²) in [5.41, 5.74) is 2.78. The van der Waals surface area contributed by atoms with Crippen LogP contribution in [0.25, 0.3) is 0 Å². The first kappa shape index (κ1) is 9.97. The molecule has 1 N–H and O–H groups in total. The second kappa shape index (κ2) is 4.30. The van der Waals surface area contributed by atoms with Crippen LogP contribution in [0.1, 0.15) is 17.5 Å². The molecule has 15 heavy (non-hydrogen) atoms. The fourth-order valence-corrected chi connectivity index (χ4v) is 2.08. The number of benzene rings is 1. The van der Waals surface area contributed by atoms with Gasteiger partial charge in [-0.15, -0.1) is 0 Å². The summed E-state index contributed by atoms with van der Waals surface area (Å²) in [5, 5.41) is 2.95. The highest BCUT2D eigenvalue weighted by Gasteiger charge is 2.18. The number of carbonyl (C=O) groups is 1. The van der Waals surface area contributed by atoms with Crippen LogP contribution in [-0.4, -0.2) is 11.9 Å². The quantitative estimate of drug-likeness (QED) is 0.727. The largest absolute Gasteiger partial charge is 0.349 e. The van der Waals surface area contributed by atoms with Crippen molar-refractivity contribution in [3.63, 3.8) is 0 Å². The van der Waals surface area contributed by atoms with E-state index in [-0.39, 0.29) is 11.9 Å². The zero-order chi connectivity index (χ0) is 10.7. The van der Waals surface area contributed by atoms with Crippen LogP contribution in [0.3, 0.4) is 0 Å². The van der Waals surface area contributed by atoms with Gasteiger partial charge in [0.25, 0.3) is 0 Å². The molecule has 0 bridgehead atoms.